The highest BCUT2D eigenvalue weighted by Gasteiger charge is 2.20. The van der Waals surface area contributed by atoms with E-state index >= 15 is 0 Å². The predicted molar refractivity (Wildman–Crippen MR) is 33.6 cm³/mol. The molecule has 1 atom stereocenters. The number of rotatable bonds is 2. The number of carboxylic acid groups (broad SMARTS) is 1. The molecule has 6 heteroatoms. The van der Waals surface area contributed by atoms with Gasteiger partial charge in [0.1, 0.15) is 6.33 Å². The molecule has 0 spiro atoms. The molecule has 1 aromatic heterocycles. The molecule has 0 saturated heterocycles. The van der Waals surface area contributed by atoms with Crippen molar-refractivity contribution >= 4 is 5.97 Å². The van der Waals surface area contributed by atoms with Gasteiger partial charge in [-0.3, -0.25) is 0 Å². The van der Waals surface area contributed by atoms with Gasteiger partial charge in [0.2, 0.25) is 6.10 Å². The zero-order chi connectivity index (χ0) is 8.43. The first kappa shape index (κ1) is 7.67. The zero-order valence-electron chi connectivity index (χ0n) is 5.80. The van der Waals surface area contributed by atoms with Crippen molar-refractivity contribution in [2.24, 2.45) is 7.05 Å². The monoisotopic (exact) mass is 157 g/mol. The Labute approximate surface area is 62.1 Å². The molecule has 0 saturated carbocycles. The molecular weight excluding hydrogens is 150 g/mol. The van der Waals surface area contributed by atoms with Gasteiger partial charge in [-0.25, -0.2) is 4.79 Å². The van der Waals surface area contributed by atoms with Crippen molar-refractivity contribution in [2.75, 3.05) is 0 Å². The van der Waals surface area contributed by atoms with E-state index in [-0.39, 0.29) is 5.82 Å². The smallest absolute Gasteiger partial charge is 0.340 e. The summed E-state index contributed by atoms with van der Waals surface area (Å²) in [6, 6.07) is 0. The second-order valence-electron chi connectivity index (χ2n) is 2.04. The highest BCUT2D eigenvalue weighted by molar-refractivity contribution is 5.72. The summed E-state index contributed by atoms with van der Waals surface area (Å²) in [6.07, 6.45) is -0.274. The fraction of sp³-hybridized carbons (Fsp3) is 0.400. The largest absolute Gasteiger partial charge is 0.479 e. The summed E-state index contributed by atoms with van der Waals surface area (Å²) in [7, 11) is 1.56. The third-order valence-corrected chi connectivity index (χ3v) is 1.22. The molecule has 1 aromatic rings. The van der Waals surface area contributed by atoms with Gasteiger partial charge < -0.3 is 14.8 Å². The van der Waals surface area contributed by atoms with Gasteiger partial charge in [-0.2, -0.15) is 0 Å². The van der Waals surface area contributed by atoms with E-state index in [1.54, 1.807) is 7.05 Å². The molecule has 0 fully saturated rings. The zero-order valence-corrected chi connectivity index (χ0v) is 5.80. The molecule has 0 amide bonds. The molecule has 11 heavy (non-hydrogen) atoms. The van der Waals surface area contributed by atoms with E-state index in [0.717, 1.165) is 0 Å². The van der Waals surface area contributed by atoms with Crippen molar-refractivity contribution in [1.82, 2.24) is 14.8 Å². The third kappa shape index (κ3) is 1.35. The molecule has 0 bridgehead atoms. The van der Waals surface area contributed by atoms with Gasteiger partial charge in [-0.05, 0) is 0 Å². The fourth-order valence-corrected chi connectivity index (χ4v) is 0.650. The first-order chi connectivity index (χ1) is 5.13. The van der Waals surface area contributed by atoms with Crippen LogP contribution in [-0.2, 0) is 11.8 Å². The van der Waals surface area contributed by atoms with Crippen LogP contribution < -0.4 is 0 Å². The minimum absolute atomic E-state index is 0.0255. The maximum Gasteiger partial charge on any atom is 0.340 e. The predicted octanol–water partition coefficient (Wildman–Crippen LogP) is -1.07. The van der Waals surface area contributed by atoms with E-state index in [1.165, 1.54) is 10.9 Å². The second kappa shape index (κ2) is 2.67. The minimum Gasteiger partial charge on any atom is -0.479 e. The van der Waals surface area contributed by atoms with E-state index in [0.29, 0.717) is 0 Å². The highest BCUT2D eigenvalue weighted by Crippen LogP contribution is 2.06. The number of carboxylic acids is 1. The number of aromatic nitrogens is 3. The van der Waals surface area contributed by atoms with Crippen LogP contribution in [0.25, 0.3) is 0 Å². The standard InChI is InChI=1S/C5H7N3O3/c1-8-2-6-7-4(8)3(9)5(10)11/h2-3,9H,1H3,(H,10,11). The lowest BCUT2D eigenvalue weighted by atomic mass is 10.3. The molecule has 0 aliphatic heterocycles. The average Bonchev–Trinajstić information content (AvgIpc) is 2.33. The number of nitrogens with zero attached hydrogens (tertiary/aromatic N) is 3. The second-order valence-corrected chi connectivity index (χ2v) is 2.04. The van der Waals surface area contributed by atoms with Gasteiger partial charge in [0, 0.05) is 7.05 Å². The number of hydrogen-bond acceptors (Lipinski definition) is 4. The summed E-state index contributed by atoms with van der Waals surface area (Å²) in [5.41, 5.74) is 0. The van der Waals surface area contributed by atoms with Crippen LogP contribution >= 0.6 is 0 Å². The molecule has 1 rings (SSSR count). The molecule has 2 N–H and O–H groups in total. The van der Waals surface area contributed by atoms with Gasteiger partial charge in [-0.15, -0.1) is 10.2 Å². The van der Waals surface area contributed by atoms with E-state index in [2.05, 4.69) is 10.2 Å². The number of hydrogen-bond donors (Lipinski definition) is 2. The quantitative estimate of drug-likeness (QED) is 0.570. The summed E-state index contributed by atoms with van der Waals surface area (Å²) >= 11 is 0. The molecule has 0 aliphatic carbocycles. The van der Waals surface area contributed by atoms with Crippen LogP contribution in [0.3, 0.4) is 0 Å². The molecule has 6 nitrogen and oxygen atoms in total. The first-order valence-electron chi connectivity index (χ1n) is 2.87. The number of aliphatic hydroxyl groups is 1. The number of aryl methyl sites for hydroxylation is 1. The van der Waals surface area contributed by atoms with Gasteiger partial charge in [-0.1, -0.05) is 0 Å². The lowest BCUT2D eigenvalue weighted by Crippen LogP contribution is -2.14. The molecule has 60 valence electrons. The van der Waals surface area contributed by atoms with E-state index < -0.39 is 12.1 Å². The Balaban J connectivity index is 2.92. The van der Waals surface area contributed by atoms with E-state index in [4.69, 9.17) is 10.2 Å². The lowest BCUT2D eigenvalue weighted by Gasteiger charge is -2.02. The topological polar surface area (TPSA) is 88.2 Å². The minimum atomic E-state index is -1.59. The van der Waals surface area contributed by atoms with Crippen LogP contribution in [0.1, 0.15) is 11.9 Å². The van der Waals surface area contributed by atoms with Gasteiger partial charge in [0.05, 0.1) is 0 Å². The average molecular weight is 157 g/mol. The third-order valence-electron chi connectivity index (χ3n) is 1.22. The van der Waals surface area contributed by atoms with E-state index in [9.17, 15) is 4.79 Å². The lowest BCUT2D eigenvalue weighted by molar-refractivity contribution is -0.147. The van der Waals surface area contributed by atoms with Crippen LogP contribution in [0.5, 0.6) is 0 Å². The molecule has 0 aromatic carbocycles. The summed E-state index contributed by atoms with van der Waals surface area (Å²) in [4.78, 5) is 10.2. The molecule has 0 aliphatic rings. The molecule has 1 heterocycles. The van der Waals surface area contributed by atoms with Crippen molar-refractivity contribution in [3.05, 3.63) is 12.2 Å². The highest BCUT2D eigenvalue weighted by atomic mass is 16.4. The van der Waals surface area contributed by atoms with Gasteiger partial charge >= 0.3 is 5.97 Å². The van der Waals surface area contributed by atoms with Crippen molar-refractivity contribution in [3.63, 3.8) is 0 Å². The van der Waals surface area contributed by atoms with Crippen LogP contribution in [0.15, 0.2) is 6.33 Å². The van der Waals surface area contributed by atoms with Crippen molar-refractivity contribution < 1.29 is 15.0 Å². The Morgan fingerprint density at radius 1 is 1.82 bits per heavy atom. The summed E-state index contributed by atoms with van der Waals surface area (Å²) in [6.45, 7) is 0. The van der Waals surface area contributed by atoms with E-state index in [1.807, 2.05) is 0 Å². The number of carbonyl (C=O) groups is 1. The fourth-order valence-electron chi connectivity index (χ4n) is 0.650. The van der Waals surface area contributed by atoms with Crippen LogP contribution in [-0.4, -0.2) is 30.9 Å². The van der Waals surface area contributed by atoms with Gasteiger partial charge in [0.25, 0.3) is 0 Å². The molecule has 1 unspecified atom stereocenters. The first-order valence-corrected chi connectivity index (χ1v) is 2.87. The van der Waals surface area contributed by atoms with Crippen LogP contribution in [0.4, 0.5) is 0 Å². The number of aliphatic carboxylic acids is 1. The molecular formula is C5H7N3O3. The summed E-state index contributed by atoms with van der Waals surface area (Å²) in [5, 5.41) is 24.1. The SMILES string of the molecule is Cn1cnnc1C(O)C(=O)O. The molecule has 0 radical (unpaired) electrons. The van der Waals surface area contributed by atoms with Crippen molar-refractivity contribution in [2.45, 2.75) is 6.10 Å². The van der Waals surface area contributed by atoms with Crippen LogP contribution in [0.2, 0.25) is 0 Å². The Bertz CT molecular complexity index is 270. The van der Waals surface area contributed by atoms with Crippen molar-refractivity contribution in [3.8, 4) is 0 Å². The van der Waals surface area contributed by atoms with Crippen molar-refractivity contribution in [1.29, 1.82) is 0 Å². The number of aliphatic hydroxyl groups excluding tert-OH is 1. The Kier molecular flexibility index (Phi) is 1.86. The Morgan fingerprint density at radius 3 is 2.82 bits per heavy atom. The maximum atomic E-state index is 10.2. The summed E-state index contributed by atoms with van der Waals surface area (Å²) < 4.78 is 1.35. The van der Waals surface area contributed by atoms with Gasteiger partial charge in [0.15, 0.2) is 5.82 Å². The Hall–Kier alpha value is -1.43. The normalized spacial score (nSPS) is 12.9. The summed E-state index contributed by atoms with van der Waals surface area (Å²) in [5.74, 6) is -1.31. The Morgan fingerprint density at radius 2 is 2.45 bits per heavy atom. The maximum absolute atomic E-state index is 10.2. The van der Waals surface area contributed by atoms with Crippen LogP contribution in [0, 0.1) is 0 Å².